The van der Waals surface area contributed by atoms with Gasteiger partial charge in [0.1, 0.15) is 24.8 Å². The zero-order valence-electron chi connectivity index (χ0n) is 11.5. The number of benzene rings is 2. The van der Waals surface area contributed by atoms with Gasteiger partial charge in [-0.25, -0.2) is 8.78 Å². The molecule has 1 aliphatic rings. The molecule has 0 bridgehead atoms. The van der Waals surface area contributed by atoms with Crippen LogP contribution in [0.15, 0.2) is 36.4 Å². The topological polar surface area (TPSA) is 30.5 Å². The smallest absolute Gasteiger partial charge is 0.161 e. The number of anilines is 1. The van der Waals surface area contributed by atoms with Gasteiger partial charge in [-0.1, -0.05) is 6.07 Å². The normalized spacial score (nSPS) is 14.6. The van der Waals surface area contributed by atoms with Gasteiger partial charge in [0.25, 0.3) is 0 Å². The second-order valence-electron chi connectivity index (χ2n) is 4.89. The van der Waals surface area contributed by atoms with Crippen molar-refractivity contribution in [2.75, 3.05) is 18.5 Å². The predicted octanol–water partition coefficient (Wildman–Crippen LogP) is 3.91. The standard InChI is InChI=1S/C16H15F2NO2/c1-10(19-14-9-12(17)3-4-13(14)18)11-2-5-15-16(8-11)21-7-6-20-15/h2-5,8-10,19H,6-7H2,1H3. The molecule has 3 rings (SSSR count). The fraction of sp³-hybridized carbons (Fsp3) is 0.250. The van der Waals surface area contributed by atoms with E-state index in [4.69, 9.17) is 9.47 Å². The van der Waals surface area contributed by atoms with Crippen molar-refractivity contribution in [2.45, 2.75) is 13.0 Å². The molecule has 110 valence electrons. The maximum Gasteiger partial charge on any atom is 0.161 e. The lowest BCUT2D eigenvalue weighted by Crippen LogP contribution is -2.16. The van der Waals surface area contributed by atoms with Crippen molar-refractivity contribution in [2.24, 2.45) is 0 Å². The van der Waals surface area contributed by atoms with Gasteiger partial charge in [0.2, 0.25) is 0 Å². The summed E-state index contributed by atoms with van der Waals surface area (Å²) in [6.45, 7) is 2.92. The van der Waals surface area contributed by atoms with Gasteiger partial charge in [-0.2, -0.15) is 0 Å². The molecule has 1 aliphatic heterocycles. The fourth-order valence-corrected chi connectivity index (χ4v) is 2.25. The van der Waals surface area contributed by atoms with E-state index < -0.39 is 11.6 Å². The van der Waals surface area contributed by atoms with Crippen LogP contribution in [0.1, 0.15) is 18.5 Å². The van der Waals surface area contributed by atoms with E-state index in [0.29, 0.717) is 24.7 Å². The molecule has 0 amide bonds. The summed E-state index contributed by atoms with van der Waals surface area (Å²) in [5.74, 6) is 0.412. The maximum atomic E-state index is 13.6. The number of ether oxygens (including phenoxy) is 2. The summed E-state index contributed by atoms with van der Waals surface area (Å²) < 4.78 is 37.8. The summed E-state index contributed by atoms with van der Waals surface area (Å²) in [5, 5.41) is 2.96. The van der Waals surface area contributed by atoms with Crippen molar-refractivity contribution in [3.63, 3.8) is 0 Å². The van der Waals surface area contributed by atoms with Gasteiger partial charge in [-0.05, 0) is 42.8 Å². The molecular weight excluding hydrogens is 276 g/mol. The van der Waals surface area contributed by atoms with Crippen LogP contribution in [0.2, 0.25) is 0 Å². The van der Waals surface area contributed by atoms with Gasteiger partial charge < -0.3 is 14.8 Å². The molecule has 5 heteroatoms. The molecule has 0 aliphatic carbocycles. The van der Waals surface area contributed by atoms with Gasteiger partial charge in [0.15, 0.2) is 11.5 Å². The van der Waals surface area contributed by atoms with Crippen molar-refractivity contribution in [1.82, 2.24) is 0 Å². The molecule has 1 unspecified atom stereocenters. The van der Waals surface area contributed by atoms with Crippen LogP contribution in [0, 0.1) is 11.6 Å². The molecule has 21 heavy (non-hydrogen) atoms. The van der Waals surface area contributed by atoms with E-state index in [9.17, 15) is 8.78 Å². The third-order valence-corrected chi connectivity index (χ3v) is 3.37. The second kappa shape index (κ2) is 5.60. The quantitative estimate of drug-likeness (QED) is 0.930. The Kier molecular flexibility index (Phi) is 3.64. The van der Waals surface area contributed by atoms with E-state index in [0.717, 1.165) is 23.8 Å². The predicted molar refractivity (Wildman–Crippen MR) is 75.8 cm³/mol. The van der Waals surface area contributed by atoms with Crippen LogP contribution in [0.25, 0.3) is 0 Å². The number of hydrogen-bond acceptors (Lipinski definition) is 3. The first kappa shape index (κ1) is 13.7. The third-order valence-electron chi connectivity index (χ3n) is 3.37. The molecule has 1 heterocycles. The van der Waals surface area contributed by atoms with Crippen LogP contribution in [-0.2, 0) is 0 Å². The maximum absolute atomic E-state index is 13.6. The van der Waals surface area contributed by atoms with Crippen molar-refractivity contribution < 1.29 is 18.3 Å². The van der Waals surface area contributed by atoms with Gasteiger partial charge in [-0.15, -0.1) is 0 Å². The highest BCUT2D eigenvalue weighted by molar-refractivity contribution is 5.49. The Morgan fingerprint density at radius 3 is 2.57 bits per heavy atom. The minimum Gasteiger partial charge on any atom is -0.486 e. The molecular formula is C16H15F2NO2. The average Bonchev–Trinajstić information content (AvgIpc) is 2.50. The Bertz CT molecular complexity index is 661. The first-order valence-corrected chi connectivity index (χ1v) is 6.74. The van der Waals surface area contributed by atoms with E-state index in [1.165, 1.54) is 0 Å². The molecule has 2 aromatic rings. The van der Waals surface area contributed by atoms with E-state index >= 15 is 0 Å². The lowest BCUT2D eigenvalue weighted by atomic mass is 10.1. The summed E-state index contributed by atoms with van der Waals surface area (Å²) in [4.78, 5) is 0. The Labute approximate surface area is 121 Å². The van der Waals surface area contributed by atoms with Gasteiger partial charge in [-0.3, -0.25) is 0 Å². The minimum atomic E-state index is -0.485. The molecule has 1 N–H and O–H groups in total. The zero-order valence-corrected chi connectivity index (χ0v) is 11.5. The summed E-state index contributed by atoms with van der Waals surface area (Å²) in [6, 6.07) is 8.69. The minimum absolute atomic E-state index is 0.136. The van der Waals surface area contributed by atoms with E-state index in [1.54, 1.807) is 0 Å². The summed E-state index contributed by atoms with van der Waals surface area (Å²) in [5.41, 5.74) is 1.04. The number of nitrogens with one attached hydrogen (secondary N) is 1. The molecule has 3 nitrogen and oxygen atoms in total. The Balaban J connectivity index is 1.82. The summed E-state index contributed by atoms with van der Waals surface area (Å²) >= 11 is 0. The third kappa shape index (κ3) is 2.91. The van der Waals surface area contributed by atoms with Crippen molar-refractivity contribution >= 4 is 5.69 Å². The Hall–Kier alpha value is -2.30. The highest BCUT2D eigenvalue weighted by atomic mass is 19.1. The lowest BCUT2D eigenvalue weighted by molar-refractivity contribution is 0.171. The van der Waals surface area contributed by atoms with E-state index in [1.807, 2.05) is 25.1 Å². The van der Waals surface area contributed by atoms with Crippen LogP contribution in [0.3, 0.4) is 0 Å². The zero-order chi connectivity index (χ0) is 14.8. The lowest BCUT2D eigenvalue weighted by Gasteiger charge is -2.21. The fourth-order valence-electron chi connectivity index (χ4n) is 2.25. The first-order chi connectivity index (χ1) is 10.1. The molecule has 0 fully saturated rings. The number of rotatable bonds is 3. The average molecular weight is 291 g/mol. The van der Waals surface area contributed by atoms with Crippen LogP contribution in [-0.4, -0.2) is 13.2 Å². The SMILES string of the molecule is CC(Nc1cc(F)ccc1F)c1ccc2c(c1)OCCO2. The van der Waals surface area contributed by atoms with Gasteiger partial charge in [0, 0.05) is 6.04 Å². The summed E-state index contributed by atoms with van der Waals surface area (Å²) in [6.07, 6.45) is 0. The largest absolute Gasteiger partial charge is 0.486 e. The number of halogens is 2. The van der Waals surface area contributed by atoms with E-state index in [-0.39, 0.29) is 11.7 Å². The molecule has 0 saturated heterocycles. The molecule has 0 spiro atoms. The second-order valence-corrected chi connectivity index (χ2v) is 4.89. The molecule has 0 aromatic heterocycles. The van der Waals surface area contributed by atoms with E-state index in [2.05, 4.69) is 5.32 Å². The summed E-state index contributed by atoms with van der Waals surface area (Å²) in [7, 11) is 0. The monoisotopic (exact) mass is 291 g/mol. The molecule has 2 aromatic carbocycles. The molecule has 0 saturated carbocycles. The highest BCUT2D eigenvalue weighted by Gasteiger charge is 2.15. The first-order valence-electron chi connectivity index (χ1n) is 6.74. The van der Waals surface area contributed by atoms with Gasteiger partial charge in [0.05, 0.1) is 5.69 Å². The Morgan fingerprint density at radius 2 is 1.76 bits per heavy atom. The van der Waals surface area contributed by atoms with Crippen molar-refractivity contribution in [3.8, 4) is 11.5 Å². The molecule has 1 atom stereocenters. The van der Waals surface area contributed by atoms with Crippen LogP contribution < -0.4 is 14.8 Å². The van der Waals surface area contributed by atoms with Gasteiger partial charge >= 0.3 is 0 Å². The van der Waals surface area contributed by atoms with Crippen LogP contribution in [0.4, 0.5) is 14.5 Å². The van der Waals surface area contributed by atoms with Crippen molar-refractivity contribution in [3.05, 3.63) is 53.6 Å². The Morgan fingerprint density at radius 1 is 1.00 bits per heavy atom. The van der Waals surface area contributed by atoms with Crippen LogP contribution in [0.5, 0.6) is 11.5 Å². The molecule has 0 radical (unpaired) electrons. The highest BCUT2D eigenvalue weighted by Crippen LogP contribution is 2.33. The van der Waals surface area contributed by atoms with Crippen molar-refractivity contribution in [1.29, 1.82) is 0 Å². The number of fused-ring (bicyclic) bond motifs is 1. The number of hydrogen-bond donors (Lipinski definition) is 1. The van der Waals surface area contributed by atoms with Crippen LogP contribution >= 0.6 is 0 Å².